The van der Waals surface area contributed by atoms with E-state index in [1.165, 1.54) is 6.07 Å². The Hall–Kier alpha value is -0.740. The molecule has 1 aliphatic rings. The highest BCUT2D eigenvalue weighted by atomic mass is 32.2. The normalized spacial score (nSPS) is 26.9. The zero-order valence-corrected chi connectivity index (χ0v) is 11.7. The van der Waals surface area contributed by atoms with Crippen LogP contribution in [-0.4, -0.2) is 28.8 Å². The summed E-state index contributed by atoms with van der Waals surface area (Å²) in [5, 5.41) is 13.1. The number of hydrogen-bond acceptors (Lipinski definition) is 3. The number of benzene rings is 1. The molecule has 1 aromatic rings. The van der Waals surface area contributed by atoms with Gasteiger partial charge in [0.1, 0.15) is 5.82 Å². The largest absolute Gasteiger partial charge is 0.394 e. The summed E-state index contributed by atoms with van der Waals surface area (Å²) in [6.45, 7) is 4.29. The van der Waals surface area contributed by atoms with Crippen LogP contribution in [0.25, 0.3) is 0 Å². The first-order chi connectivity index (χ1) is 8.51. The van der Waals surface area contributed by atoms with Gasteiger partial charge in [0.2, 0.25) is 0 Å². The fourth-order valence-corrected chi connectivity index (χ4v) is 4.03. The molecular weight excluding hydrogens is 249 g/mol. The van der Waals surface area contributed by atoms with Gasteiger partial charge in [-0.2, -0.15) is 11.8 Å². The molecule has 1 saturated heterocycles. The Labute approximate surface area is 112 Å². The maximum atomic E-state index is 13.8. The lowest BCUT2D eigenvalue weighted by Gasteiger charge is -2.50. The Morgan fingerprint density at radius 1 is 1.39 bits per heavy atom. The van der Waals surface area contributed by atoms with E-state index >= 15 is 0 Å². The minimum Gasteiger partial charge on any atom is -0.394 e. The summed E-state index contributed by atoms with van der Waals surface area (Å²) >= 11 is 1.81. The summed E-state index contributed by atoms with van der Waals surface area (Å²) in [6.07, 6.45) is 1.01. The topological polar surface area (TPSA) is 32.3 Å². The van der Waals surface area contributed by atoms with Gasteiger partial charge >= 0.3 is 0 Å². The maximum absolute atomic E-state index is 13.8. The summed E-state index contributed by atoms with van der Waals surface area (Å²) in [7, 11) is 0. The second kappa shape index (κ2) is 5.10. The minimum absolute atomic E-state index is 0.0152. The Kier molecular flexibility index (Phi) is 3.87. The average Bonchev–Trinajstić information content (AvgIpc) is 2.34. The fraction of sp³-hybridized carbons (Fsp3) is 0.571. The monoisotopic (exact) mass is 269 g/mol. The number of halogens is 1. The number of hydrogen-bond donors (Lipinski definition) is 2. The molecule has 1 aromatic carbocycles. The SMILES string of the molecule is CC1(C)CCSCC1(CO)Nc1ccccc1F. The van der Waals surface area contributed by atoms with Crippen molar-refractivity contribution in [2.75, 3.05) is 23.4 Å². The summed E-state index contributed by atoms with van der Waals surface area (Å²) in [4.78, 5) is 0. The van der Waals surface area contributed by atoms with Crippen LogP contribution >= 0.6 is 11.8 Å². The van der Waals surface area contributed by atoms with Crippen LogP contribution in [0.4, 0.5) is 10.1 Å². The van der Waals surface area contributed by atoms with Crippen LogP contribution in [-0.2, 0) is 0 Å². The van der Waals surface area contributed by atoms with Crippen molar-refractivity contribution >= 4 is 17.4 Å². The predicted molar refractivity (Wildman–Crippen MR) is 75.6 cm³/mol. The van der Waals surface area contributed by atoms with Crippen molar-refractivity contribution in [2.24, 2.45) is 5.41 Å². The molecule has 1 heterocycles. The molecule has 1 fully saturated rings. The molecule has 0 spiro atoms. The van der Waals surface area contributed by atoms with E-state index in [0.717, 1.165) is 17.9 Å². The number of aliphatic hydroxyl groups excluding tert-OH is 1. The van der Waals surface area contributed by atoms with Gasteiger partial charge in [-0.15, -0.1) is 0 Å². The summed E-state index contributed by atoms with van der Waals surface area (Å²) in [5.41, 5.74) is -0.0463. The lowest BCUT2D eigenvalue weighted by atomic mass is 9.71. The highest BCUT2D eigenvalue weighted by Gasteiger charge is 2.47. The van der Waals surface area contributed by atoms with Crippen LogP contribution in [0.5, 0.6) is 0 Å². The lowest BCUT2D eigenvalue weighted by molar-refractivity contribution is 0.110. The quantitative estimate of drug-likeness (QED) is 0.884. The molecule has 1 aliphatic heterocycles. The van der Waals surface area contributed by atoms with E-state index in [1.807, 2.05) is 11.8 Å². The van der Waals surface area contributed by atoms with E-state index in [9.17, 15) is 9.50 Å². The molecule has 0 aromatic heterocycles. The van der Waals surface area contributed by atoms with Crippen LogP contribution < -0.4 is 5.32 Å². The van der Waals surface area contributed by atoms with Crippen LogP contribution in [0.3, 0.4) is 0 Å². The number of thioether (sulfide) groups is 1. The van der Waals surface area contributed by atoms with Crippen LogP contribution in [0, 0.1) is 11.2 Å². The molecule has 2 N–H and O–H groups in total. The van der Waals surface area contributed by atoms with Crippen molar-refractivity contribution in [3.63, 3.8) is 0 Å². The molecule has 0 amide bonds. The molecule has 0 aliphatic carbocycles. The molecule has 1 unspecified atom stereocenters. The first-order valence-corrected chi connectivity index (χ1v) is 7.38. The highest BCUT2D eigenvalue weighted by Crippen LogP contribution is 2.44. The van der Waals surface area contributed by atoms with Crippen LogP contribution in [0.2, 0.25) is 0 Å². The van der Waals surface area contributed by atoms with Crippen molar-refractivity contribution in [2.45, 2.75) is 25.8 Å². The molecule has 0 saturated carbocycles. The fourth-order valence-electron chi connectivity index (χ4n) is 2.33. The lowest BCUT2D eigenvalue weighted by Crippen LogP contribution is -2.58. The Bertz CT molecular complexity index is 424. The van der Waals surface area contributed by atoms with Crippen molar-refractivity contribution < 1.29 is 9.50 Å². The van der Waals surface area contributed by atoms with Gasteiger partial charge in [-0.05, 0) is 29.7 Å². The second-order valence-electron chi connectivity index (χ2n) is 5.53. The zero-order chi connectivity index (χ0) is 13.2. The van der Waals surface area contributed by atoms with Gasteiger partial charge in [0.05, 0.1) is 17.8 Å². The van der Waals surface area contributed by atoms with E-state index < -0.39 is 5.54 Å². The number of nitrogens with one attached hydrogen (secondary N) is 1. The van der Waals surface area contributed by atoms with Gasteiger partial charge in [0.25, 0.3) is 0 Å². The van der Waals surface area contributed by atoms with Crippen LogP contribution in [0.1, 0.15) is 20.3 Å². The number of anilines is 1. The molecule has 4 heteroatoms. The molecule has 18 heavy (non-hydrogen) atoms. The third kappa shape index (κ3) is 2.36. The molecule has 0 bridgehead atoms. The summed E-state index contributed by atoms with van der Waals surface area (Å²) < 4.78 is 13.8. The molecule has 0 radical (unpaired) electrons. The Balaban J connectivity index is 2.30. The Morgan fingerprint density at radius 3 is 2.72 bits per heavy atom. The van der Waals surface area contributed by atoms with Crippen molar-refractivity contribution in [1.29, 1.82) is 0 Å². The number of aliphatic hydroxyl groups is 1. The average molecular weight is 269 g/mol. The molecule has 100 valence electrons. The van der Waals surface area contributed by atoms with E-state index in [-0.39, 0.29) is 17.8 Å². The van der Waals surface area contributed by atoms with Gasteiger partial charge in [-0.3, -0.25) is 0 Å². The first-order valence-electron chi connectivity index (χ1n) is 6.22. The third-order valence-electron chi connectivity index (χ3n) is 4.03. The Morgan fingerprint density at radius 2 is 2.11 bits per heavy atom. The van der Waals surface area contributed by atoms with Gasteiger partial charge in [-0.25, -0.2) is 4.39 Å². The predicted octanol–water partition coefficient (Wildman–Crippen LogP) is 3.13. The summed E-state index contributed by atoms with van der Waals surface area (Å²) in [6, 6.07) is 6.64. The van der Waals surface area contributed by atoms with E-state index in [0.29, 0.717) is 5.69 Å². The van der Waals surface area contributed by atoms with Gasteiger partial charge < -0.3 is 10.4 Å². The van der Waals surface area contributed by atoms with E-state index in [2.05, 4.69) is 19.2 Å². The van der Waals surface area contributed by atoms with Gasteiger partial charge in [0, 0.05) is 5.75 Å². The van der Waals surface area contributed by atoms with Crippen molar-refractivity contribution in [3.8, 4) is 0 Å². The zero-order valence-electron chi connectivity index (χ0n) is 10.9. The minimum atomic E-state index is -0.460. The highest BCUT2D eigenvalue weighted by molar-refractivity contribution is 7.99. The standard InChI is InChI=1S/C14H20FNOS/c1-13(2)7-8-18-10-14(13,9-17)16-12-6-4-3-5-11(12)15/h3-6,16-17H,7-10H2,1-2H3. The molecular formula is C14H20FNOS. The van der Waals surface area contributed by atoms with Crippen LogP contribution in [0.15, 0.2) is 24.3 Å². The van der Waals surface area contributed by atoms with Gasteiger partial charge in [0.15, 0.2) is 0 Å². The smallest absolute Gasteiger partial charge is 0.146 e. The number of para-hydroxylation sites is 1. The second-order valence-corrected chi connectivity index (χ2v) is 6.64. The molecule has 2 rings (SSSR count). The van der Waals surface area contributed by atoms with E-state index in [4.69, 9.17) is 0 Å². The maximum Gasteiger partial charge on any atom is 0.146 e. The number of rotatable bonds is 3. The first kappa shape index (κ1) is 13.7. The van der Waals surface area contributed by atoms with Crippen molar-refractivity contribution in [1.82, 2.24) is 0 Å². The third-order valence-corrected chi connectivity index (χ3v) is 5.22. The molecule has 2 nitrogen and oxygen atoms in total. The van der Waals surface area contributed by atoms with Gasteiger partial charge in [-0.1, -0.05) is 26.0 Å². The molecule has 1 atom stereocenters. The summed E-state index contributed by atoms with van der Waals surface area (Å²) in [5.74, 6) is 1.62. The van der Waals surface area contributed by atoms with Crippen molar-refractivity contribution in [3.05, 3.63) is 30.1 Å². The van der Waals surface area contributed by atoms with E-state index in [1.54, 1.807) is 18.2 Å².